The van der Waals surface area contributed by atoms with Crippen molar-refractivity contribution in [2.75, 3.05) is 6.54 Å². The minimum Gasteiger partial charge on any atom is -0.301 e. The Morgan fingerprint density at radius 1 is 1.26 bits per heavy atom. The van der Waals surface area contributed by atoms with Crippen LogP contribution in [-0.4, -0.2) is 17.8 Å². The van der Waals surface area contributed by atoms with E-state index in [0.717, 1.165) is 12.8 Å². The first-order valence-corrected chi connectivity index (χ1v) is 7.61. The smallest absolute Gasteiger partial charge is 0.164 e. The van der Waals surface area contributed by atoms with Crippen LogP contribution in [0, 0.1) is 0 Å². The van der Waals surface area contributed by atoms with Crippen molar-refractivity contribution in [1.29, 1.82) is 0 Å². The molecule has 0 heterocycles. The van der Waals surface area contributed by atoms with Gasteiger partial charge in [0.15, 0.2) is 5.78 Å². The van der Waals surface area contributed by atoms with Crippen LogP contribution in [0.1, 0.15) is 49.4 Å². The molecule has 1 N–H and O–H groups in total. The van der Waals surface area contributed by atoms with Crippen molar-refractivity contribution >= 4 is 29.0 Å². The van der Waals surface area contributed by atoms with Crippen LogP contribution in [0.3, 0.4) is 0 Å². The van der Waals surface area contributed by atoms with E-state index in [-0.39, 0.29) is 11.3 Å². The second-order valence-electron chi connectivity index (χ2n) is 4.60. The van der Waals surface area contributed by atoms with Crippen molar-refractivity contribution in [2.24, 2.45) is 0 Å². The number of ketones is 1. The van der Waals surface area contributed by atoms with Crippen LogP contribution in [0.5, 0.6) is 0 Å². The van der Waals surface area contributed by atoms with Gasteiger partial charge in [0.1, 0.15) is 0 Å². The summed E-state index contributed by atoms with van der Waals surface area (Å²) < 4.78 is 0. The highest BCUT2D eigenvalue weighted by Crippen LogP contribution is 2.11. The summed E-state index contributed by atoms with van der Waals surface area (Å²) in [4.78, 5) is 11.9. The highest BCUT2D eigenvalue weighted by molar-refractivity contribution is 6.30. The zero-order valence-corrected chi connectivity index (χ0v) is 12.8. The van der Waals surface area contributed by atoms with E-state index in [1.54, 1.807) is 24.3 Å². The fourth-order valence-electron chi connectivity index (χ4n) is 1.80. The summed E-state index contributed by atoms with van der Waals surface area (Å²) in [5, 5.41) is 3.82. The molecule has 4 heteroatoms. The van der Waals surface area contributed by atoms with E-state index in [1.807, 2.05) is 0 Å². The van der Waals surface area contributed by atoms with Gasteiger partial charge in [0.2, 0.25) is 0 Å². The number of carbonyl (C=O) groups excluding carboxylic acids is 1. The van der Waals surface area contributed by atoms with Crippen LogP contribution in [0.2, 0.25) is 5.02 Å². The molecule has 1 rings (SSSR count). The Morgan fingerprint density at radius 3 is 2.58 bits per heavy atom. The SMILES string of the molecule is CCCCCC(Cl)NCCC(=O)c1ccc(Cl)cc1. The number of alkyl halides is 1. The number of benzene rings is 1. The maximum atomic E-state index is 11.9. The first-order chi connectivity index (χ1) is 9.13. The molecule has 0 aliphatic rings. The molecule has 0 amide bonds. The monoisotopic (exact) mass is 301 g/mol. The predicted octanol–water partition coefficient (Wildman–Crippen LogP) is 4.65. The highest BCUT2D eigenvalue weighted by Gasteiger charge is 2.07. The standard InChI is InChI=1S/C15H21Cl2NO/c1-2-3-4-5-15(17)18-11-10-14(19)12-6-8-13(16)9-7-12/h6-9,15,18H,2-5,10-11H2,1H3. The van der Waals surface area contributed by atoms with Crippen LogP contribution in [0.25, 0.3) is 0 Å². The number of carbonyl (C=O) groups is 1. The summed E-state index contributed by atoms with van der Waals surface area (Å²) >= 11 is 11.9. The number of halogens is 2. The molecule has 0 aliphatic carbocycles. The first kappa shape index (κ1) is 16.5. The van der Waals surface area contributed by atoms with Gasteiger partial charge < -0.3 is 5.32 Å². The van der Waals surface area contributed by atoms with Gasteiger partial charge in [0.05, 0.1) is 5.50 Å². The third-order valence-corrected chi connectivity index (χ3v) is 3.57. The van der Waals surface area contributed by atoms with Gasteiger partial charge in [-0.3, -0.25) is 4.79 Å². The number of hydrogen-bond acceptors (Lipinski definition) is 2. The van der Waals surface area contributed by atoms with E-state index in [0.29, 0.717) is 23.6 Å². The lowest BCUT2D eigenvalue weighted by Crippen LogP contribution is -2.26. The summed E-state index contributed by atoms with van der Waals surface area (Å²) in [6.45, 7) is 2.78. The molecule has 0 saturated carbocycles. The number of unbranched alkanes of at least 4 members (excludes halogenated alkanes) is 2. The van der Waals surface area contributed by atoms with Gasteiger partial charge in [-0.1, -0.05) is 37.8 Å². The van der Waals surface area contributed by atoms with Gasteiger partial charge in [-0.05, 0) is 30.7 Å². The Morgan fingerprint density at radius 2 is 1.95 bits per heavy atom. The van der Waals surface area contributed by atoms with E-state index < -0.39 is 0 Å². The number of hydrogen-bond donors (Lipinski definition) is 1. The molecule has 1 aromatic rings. The molecular weight excluding hydrogens is 281 g/mol. The molecule has 106 valence electrons. The molecule has 1 atom stereocenters. The largest absolute Gasteiger partial charge is 0.301 e. The van der Waals surface area contributed by atoms with Gasteiger partial charge in [-0.2, -0.15) is 0 Å². The van der Waals surface area contributed by atoms with E-state index in [9.17, 15) is 4.79 Å². The topological polar surface area (TPSA) is 29.1 Å². The minimum atomic E-state index is -0.0374. The van der Waals surface area contributed by atoms with Crippen LogP contribution in [-0.2, 0) is 0 Å². The fraction of sp³-hybridized carbons (Fsp3) is 0.533. The van der Waals surface area contributed by atoms with Crippen LogP contribution in [0.4, 0.5) is 0 Å². The Kier molecular flexibility index (Phi) is 8.11. The van der Waals surface area contributed by atoms with Crippen molar-refractivity contribution in [1.82, 2.24) is 5.32 Å². The van der Waals surface area contributed by atoms with Crippen molar-refractivity contribution in [3.63, 3.8) is 0 Å². The third kappa shape index (κ3) is 6.95. The minimum absolute atomic E-state index is 0.0374. The van der Waals surface area contributed by atoms with Gasteiger partial charge in [0, 0.05) is 23.6 Å². The second-order valence-corrected chi connectivity index (χ2v) is 5.56. The molecule has 0 radical (unpaired) electrons. The van der Waals surface area contributed by atoms with Gasteiger partial charge in [-0.15, -0.1) is 11.6 Å². The fourth-order valence-corrected chi connectivity index (χ4v) is 2.19. The number of rotatable bonds is 9. The van der Waals surface area contributed by atoms with Crippen molar-refractivity contribution in [3.05, 3.63) is 34.9 Å². The normalized spacial score (nSPS) is 12.4. The van der Waals surface area contributed by atoms with E-state index >= 15 is 0 Å². The third-order valence-electron chi connectivity index (χ3n) is 2.95. The summed E-state index contributed by atoms with van der Waals surface area (Å²) in [6, 6.07) is 6.98. The molecule has 19 heavy (non-hydrogen) atoms. The van der Waals surface area contributed by atoms with Crippen molar-refractivity contribution < 1.29 is 4.79 Å². The summed E-state index contributed by atoms with van der Waals surface area (Å²) in [5.74, 6) is 0.113. The Bertz CT molecular complexity index is 378. The van der Waals surface area contributed by atoms with Crippen LogP contribution >= 0.6 is 23.2 Å². The zero-order valence-electron chi connectivity index (χ0n) is 11.3. The zero-order chi connectivity index (χ0) is 14.1. The lowest BCUT2D eigenvalue weighted by molar-refractivity contribution is 0.0982. The Labute approximate surface area is 125 Å². The maximum absolute atomic E-state index is 11.9. The Balaban J connectivity index is 2.21. The lowest BCUT2D eigenvalue weighted by Gasteiger charge is -2.11. The molecule has 0 aromatic heterocycles. The quantitative estimate of drug-likeness (QED) is 0.311. The highest BCUT2D eigenvalue weighted by atomic mass is 35.5. The summed E-state index contributed by atoms with van der Waals surface area (Å²) in [7, 11) is 0. The second kappa shape index (κ2) is 9.35. The molecular formula is C15H21Cl2NO. The van der Waals surface area contributed by atoms with Crippen molar-refractivity contribution in [3.8, 4) is 0 Å². The predicted molar refractivity (Wildman–Crippen MR) is 82.2 cm³/mol. The molecule has 0 spiro atoms. The average molecular weight is 302 g/mol. The molecule has 0 aliphatic heterocycles. The number of Topliss-reactive ketones (excluding diaryl/α,β-unsaturated/α-hetero) is 1. The van der Waals surface area contributed by atoms with Gasteiger partial charge in [-0.25, -0.2) is 0 Å². The van der Waals surface area contributed by atoms with E-state index in [2.05, 4.69) is 12.2 Å². The molecule has 0 saturated heterocycles. The number of nitrogens with one attached hydrogen (secondary N) is 1. The van der Waals surface area contributed by atoms with Gasteiger partial charge in [0.25, 0.3) is 0 Å². The van der Waals surface area contributed by atoms with Crippen LogP contribution in [0.15, 0.2) is 24.3 Å². The Hall–Kier alpha value is -0.570. The molecule has 1 aromatic carbocycles. The van der Waals surface area contributed by atoms with E-state index in [1.165, 1.54) is 12.8 Å². The maximum Gasteiger partial charge on any atom is 0.164 e. The van der Waals surface area contributed by atoms with Gasteiger partial charge >= 0.3 is 0 Å². The molecule has 1 unspecified atom stereocenters. The van der Waals surface area contributed by atoms with Crippen LogP contribution < -0.4 is 5.32 Å². The summed E-state index contributed by atoms with van der Waals surface area (Å²) in [6.07, 6.45) is 4.93. The lowest BCUT2D eigenvalue weighted by atomic mass is 10.1. The molecule has 2 nitrogen and oxygen atoms in total. The van der Waals surface area contributed by atoms with E-state index in [4.69, 9.17) is 23.2 Å². The molecule has 0 fully saturated rings. The van der Waals surface area contributed by atoms with Crippen molar-refractivity contribution in [2.45, 2.75) is 44.5 Å². The molecule has 0 bridgehead atoms. The average Bonchev–Trinajstić information content (AvgIpc) is 2.39. The summed E-state index contributed by atoms with van der Waals surface area (Å²) in [5.41, 5.74) is 0.660. The first-order valence-electron chi connectivity index (χ1n) is 6.79.